The second kappa shape index (κ2) is 10.6. The first-order valence-electron chi connectivity index (χ1n) is 9.18. The number of nitrogens with zero attached hydrogens (tertiary/aromatic N) is 2. The zero-order valence-corrected chi connectivity index (χ0v) is 18.8. The third-order valence-electron chi connectivity index (χ3n) is 4.75. The summed E-state index contributed by atoms with van der Waals surface area (Å²) in [6.07, 6.45) is 0.984. The minimum Gasteiger partial charge on any atom is -0.488 e. The molecule has 3 rings (SSSR count). The second-order valence-corrected chi connectivity index (χ2v) is 6.92. The smallest absolute Gasteiger partial charge is 0.191 e. The topological polar surface area (TPSA) is 48.9 Å². The number of hydrogen-bond acceptors (Lipinski definition) is 3. The number of fused-ring (bicyclic) bond motifs is 1. The molecule has 0 spiro atoms. The van der Waals surface area contributed by atoms with E-state index >= 15 is 0 Å². The van der Waals surface area contributed by atoms with Gasteiger partial charge in [-0.15, -0.1) is 24.0 Å². The summed E-state index contributed by atoms with van der Waals surface area (Å²) in [5, 5.41) is 6.66. The van der Waals surface area contributed by atoms with E-state index in [1.165, 1.54) is 11.6 Å². The van der Waals surface area contributed by atoms with E-state index in [1.54, 1.807) is 19.2 Å². The van der Waals surface area contributed by atoms with Crippen LogP contribution in [0.5, 0.6) is 5.75 Å². The number of rotatable bonds is 6. The second-order valence-electron chi connectivity index (χ2n) is 6.92. The molecule has 0 aromatic heterocycles. The molecule has 0 aliphatic carbocycles. The summed E-state index contributed by atoms with van der Waals surface area (Å²) in [6.45, 7) is 1.28. The average molecular weight is 498 g/mol. The van der Waals surface area contributed by atoms with Crippen molar-refractivity contribution in [2.75, 3.05) is 34.2 Å². The Morgan fingerprint density at radius 2 is 2.00 bits per heavy atom. The van der Waals surface area contributed by atoms with Gasteiger partial charge in [0.1, 0.15) is 17.7 Å². The number of nitrogens with one attached hydrogen (secondary N) is 2. The van der Waals surface area contributed by atoms with Gasteiger partial charge < -0.3 is 20.3 Å². The van der Waals surface area contributed by atoms with Gasteiger partial charge in [0, 0.05) is 20.0 Å². The maximum atomic E-state index is 13.6. The highest BCUT2D eigenvalue weighted by molar-refractivity contribution is 14.0. The minimum absolute atomic E-state index is 0. The minimum atomic E-state index is -0.222. The Hall–Kier alpha value is -1.87. The van der Waals surface area contributed by atoms with Crippen LogP contribution < -0.4 is 15.4 Å². The zero-order valence-electron chi connectivity index (χ0n) is 16.5. The summed E-state index contributed by atoms with van der Waals surface area (Å²) >= 11 is 0. The van der Waals surface area contributed by atoms with Gasteiger partial charge in [0.05, 0.1) is 12.6 Å². The Balaban J connectivity index is 0.00000280. The maximum absolute atomic E-state index is 13.6. The fourth-order valence-electron chi connectivity index (χ4n) is 3.30. The zero-order chi connectivity index (χ0) is 19.2. The van der Waals surface area contributed by atoms with Crippen LogP contribution in [0.15, 0.2) is 53.5 Å². The van der Waals surface area contributed by atoms with Gasteiger partial charge in [-0.2, -0.15) is 0 Å². The molecule has 2 unspecified atom stereocenters. The average Bonchev–Trinajstić information content (AvgIpc) is 3.07. The first-order valence-corrected chi connectivity index (χ1v) is 9.18. The molecule has 1 aliphatic rings. The predicted octanol–water partition coefficient (Wildman–Crippen LogP) is 3.22. The van der Waals surface area contributed by atoms with E-state index in [-0.39, 0.29) is 41.9 Å². The SMILES string of the molecule is CN=C(NCC1Cc2ccccc2O1)NCC(c1cccc(F)c1)N(C)C.I. The normalized spacial score (nSPS) is 16.8. The first-order chi connectivity index (χ1) is 13.1. The number of benzene rings is 2. The number of likely N-dealkylation sites (N-methyl/N-ethyl adjacent to an activating group) is 1. The van der Waals surface area contributed by atoms with E-state index in [1.807, 2.05) is 38.4 Å². The largest absolute Gasteiger partial charge is 0.488 e. The van der Waals surface area contributed by atoms with Crippen molar-refractivity contribution in [3.8, 4) is 5.75 Å². The number of para-hydroxylation sites is 1. The van der Waals surface area contributed by atoms with Crippen molar-refractivity contribution < 1.29 is 9.13 Å². The molecular weight excluding hydrogens is 470 g/mol. The van der Waals surface area contributed by atoms with Gasteiger partial charge in [-0.25, -0.2) is 4.39 Å². The van der Waals surface area contributed by atoms with Gasteiger partial charge in [-0.05, 0) is 43.4 Å². The van der Waals surface area contributed by atoms with E-state index in [2.05, 4.69) is 26.6 Å². The van der Waals surface area contributed by atoms with Gasteiger partial charge in [-0.3, -0.25) is 4.99 Å². The quantitative estimate of drug-likeness (QED) is 0.365. The molecule has 2 atom stereocenters. The molecule has 0 amide bonds. The molecule has 0 fully saturated rings. The van der Waals surface area contributed by atoms with Crippen molar-refractivity contribution in [3.63, 3.8) is 0 Å². The third-order valence-corrected chi connectivity index (χ3v) is 4.75. The third kappa shape index (κ3) is 5.81. The Labute approximate surface area is 183 Å². The van der Waals surface area contributed by atoms with E-state index in [9.17, 15) is 4.39 Å². The van der Waals surface area contributed by atoms with Crippen LogP contribution in [0.3, 0.4) is 0 Å². The number of aliphatic imine (C=N–C) groups is 1. The van der Waals surface area contributed by atoms with Gasteiger partial charge in [0.25, 0.3) is 0 Å². The summed E-state index contributed by atoms with van der Waals surface area (Å²) in [4.78, 5) is 6.35. The van der Waals surface area contributed by atoms with Crippen molar-refractivity contribution in [3.05, 3.63) is 65.5 Å². The van der Waals surface area contributed by atoms with Crippen LogP contribution in [0.25, 0.3) is 0 Å². The molecule has 1 heterocycles. The highest BCUT2D eigenvalue weighted by atomic mass is 127. The van der Waals surface area contributed by atoms with Crippen LogP contribution in [-0.4, -0.2) is 51.2 Å². The van der Waals surface area contributed by atoms with Crippen molar-refractivity contribution in [2.45, 2.75) is 18.6 Å². The van der Waals surface area contributed by atoms with Crippen molar-refractivity contribution in [1.29, 1.82) is 0 Å². The Morgan fingerprint density at radius 1 is 1.21 bits per heavy atom. The summed E-state index contributed by atoms with van der Waals surface area (Å²) in [5.74, 6) is 1.45. The van der Waals surface area contributed by atoms with Crippen LogP contribution >= 0.6 is 24.0 Å². The fraction of sp³-hybridized carbons (Fsp3) is 0.381. The lowest BCUT2D eigenvalue weighted by molar-refractivity contribution is 0.234. The molecule has 0 saturated heterocycles. The van der Waals surface area contributed by atoms with Crippen LogP contribution in [0.2, 0.25) is 0 Å². The van der Waals surface area contributed by atoms with E-state index < -0.39 is 0 Å². The molecule has 0 saturated carbocycles. The molecule has 152 valence electrons. The summed E-state index contributed by atoms with van der Waals surface area (Å²) in [7, 11) is 5.71. The lowest BCUT2D eigenvalue weighted by Gasteiger charge is -2.26. The standard InChI is InChI=1S/C21H27FN4O.HI/c1-23-21(24-13-18-12-16-7-4-5-10-20(16)27-18)25-14-19(26(2)3)15-8-6-9-17(22)11-15;/h4-11,18-19H,12-14H2,1-3H3,(H2,23,24,25);1H. The van der Waals surface area contributed by atoms with Gasteiger partial charge in [0.2, 0.25) is 0 Å². The number of halogens is 2. The monoisotopic (exact) mass is 498 g/mol. The highest BCUT2D eigenvalue weighted by Crippen LogP contribution is 2.27. The van der Waals surface area contributed by atoms with Crippen molar-refractivity contribution >= 4 is 29.9 Å². The van der Waals surface area contributed by atoms with Crippen molar-refractivity contribution in [2.24, 2.45) is 4.99 Å². The first kappa shape index (κ1) is 22.4. The van der Waals surface area contributed by atoms with Crippen LogP contribution in [0, 0.1) is 5.82 Å². The number of guanidine groups is 1. The molecule has 2 aromatic rings. The fourth-order valence-corrected chi connectivity index (χ4v) is 3.30. The highest BCUT2D eigenvalue weighted by Gasteiger charge is 2.22. The summed E-state index contributed by atoms with van der Waals surface area (Å²) in [5.41, 5.74) is 2.17. The van der Waals surface area contributed by atoms with E-state index in [0.717, 1.165) is 17.7 Å². The van der Waals surface area contributed by atoms with Crippen molar-refractivity contribution in [1.82, 2.24) is 15.5 Å². The molecule has 2 aromatic carbocycles. The van der Waals surface area contributed by atoms with Gasteiger partial charge in [0.15, 0.2) is 5.96 Å². The molecule has 5 nitrogen and oxygen atoms in total. The Morgan fingerprint density at radius 3 is 2.68 bits per heavy atom. The lowest BCUT2D eigenvalue weighted by atomic mass is 10.1. The molecule has 7 heteroatoms. The number of hydrogen-bond donors (Lipinski definition) is 2. The molecular formula is C21H28FIN4O. The molecule has 2 N–H and O–H groups in total. The molecule has 0 bridgehead atoms. The lowest BCUT2D eigenvalue weighted by Crippen LogP contribution is -2.44. The summed E-state index contributed by atoms with van der Waals surface area (Å²) < 4.78 is 19.5. The van der Waals surface area contributed by atoms with Gasteiger partial charge in [-0.1, -0.05) is 30.3 Å². The van der Waals surface area contributed by atoms with Gasteiger partial charge >= 0.3 is 0 Å². The van der Waals surface area contributed by atoms with E-state index in [4.69, 9.17) is 4.74 Å². The Kier molecular flexibility index (Phi) is 8.50. The molecule has 0 radical (unpaired) electrons. The molecule has 1 aliphatic heterocycles. The van der Waals surface area contributed by atoms with Crippen LogP contribution in [0.4, 0.5) is 4.39 Å². The van der Waals surface area contributed by atoms with E-state index in [0.29, 0.717) is 19.0 Å². The van der Waals surface area contributed by atoms with Crippen LogP contribution in [0.1, 0.15) is 17.2 Å². The maximum Gasteiger partial charge on any atom is 0.191 e. The number of ether oxygens (including phenoxy) is 1. The predicted molar refractivity (Wildman–Crippen MR) is 122 cm³/mol. The Bertz CT molecular complexity index is 774. The molecule has 28 heavy (non-hydrogen) atoms. The summed E-state index contributed by atoms with van der Waals surface area (Å²) in [6, 6.07) is 14.9. The van der Waals surface area contributed by atoms with Crippen LogP contribution in [-0.2, 0) is 6.42 Å².